The van der Waals surface area contributed by atoms with Gasteiger partial charge < -0.3 is 4.74 Å². The summed E-state index contributed by atoms with van der Waals surface area (Å²) in [5.41, 5.74) is 3.91. The minimum atomic E-state index is -0.164. The zero-order valence-electron chi connectivity index (χ0n) is 14.1. The first kappa shape index (κ1) is 17.5. The van der Waals surface area contributed by atoms with Crippen LogP contribution in [0.5, 0.6) is 5.75 Å². The minimum absolute atomic E-state index is 0.0440. The molecule has 0 aliphatic rings. The smallest absolute Gasteiger partial charge is 0.284 e. The third-order valence-corrected chi connectivity index (χ3v) is 4.18. The van der Waals surface area contributed by atoms with Gasteiger partial charge in [0.05, 0.1) is 5.69 Å². The van der Waals surface area contributed by atoms with Crippen molar-refractivity contribution in [1.82, 2.24) is 9.78 Å². The number of nitrogens with zero attached hydrogens (tertiary/aromatic N) is 2. The number of benzene rings is 1. The molecule has 0 bridgehead atoms. The Bertz CT molecular complexity index is 707. The second-order valence-electron chi connectivity index (χ2n) is 5.76. The van der Waals surface area contributed by atoms with Gasteiger partial charge in [-0.15, -0.1) is 0 Å². The molecule has 124 valence electrons. The SMILES string of the molecule is CCCCc1c(C)nn(C(=O)COc2ccc(Cl)cc2C)c1C. The van der Waals surface area contributed by atoms with Crippen molar-refractivity contribution in [1.29, 1.82) is 0 Å². The van der Waals surface area contributed by atoms with Gasteiger partial charge in [-0.3, -0.25) is 4.79 Å². The highest BCUT2D eigenvalue weighted by atomic mass is 35.5. The average molecular weight is 335 g/mol. The highest BCUT2D eigenvalue weighted by Gasteiger charge is 2.17. The number of unbranched alkanes of at least 4 members (excludes halogenated alkanes) is 1. The standard InChI is InChI=1S/C18H23ClN2O2/c1-5-6-7-16-13(3)20-21(14(16)4)18(22)11-23-17-9-8-15(19)10-12(17)2/h8-10H,5-7,11H2,1-4H3. The van der Waals surface area contributed by atoms with E-state index < -0.39 is 0 Å². The lowest BCUT2D eigenvalue weighted by atomic mass is 10.1. The maximum absolute atomic E-state index is 12.4. The molecule has 0 aliphatic carbocycles. The monoisotopic (exact) mass is 334 g/mol. The number of halogens is 1. The van der Waals surface area contributed by atoms with Crippen molar-refractivity contribution in [3.05, 3.63) is 45.7 Å². The van der Waals surface area contributed by atoms with E-state index in [0.717, 1.165) is 36.2 Å². The second kappa shape index (κ2) is 7.64. The van der Waals surface area contributed by atoms with Gasteiger partial charge in [-0.1, -0.05) is 24.9 Å². The Morgan fingerprint density at radius 1 is 1.30 bits per heavy atom. The van der Waals surface area contributed by atoms with E-state index in [4.69, 9.17) is 16.3 Å². The zero-order chi connectivity index (χ0) is 17.0. The molecule has 0 saturated heterocycles. The molecule has 0 radical (unpaired) electrons. The van der Waals surface area contributed by atoms with Crippen LogP contribution >= 0.6 is 11.6 Å². The topological polar surface area (TPSA) is 44.1 Å². The van der Waals surface area contributed by atoms with E-state index in [1.807, 2.05) is 26.8 Å². The Morgan fingerprint density at radius 3 is 2.70 bits per heavy atom. The summed E-state index contributed by atoms with van der Waals surface area (Å²) in [5.74, 6) is 0.498. The summed E-state index contributed by atoms with van der Waals surface area (Å²) in [4.78, 5) is 12.4. The van der Waals surface area contributed by atoms with Crippen molar-refractivity contribution in [2.45, 2.75) is 47.0 Å². The summed E-state index contributed by atoms with van der Waals surface area (Å²) in [5, 5.41) is 5.03. The van der Waals surface area contributed by atoms with Gasteiger partial charge in [0, 0.05) is 10.7 Å². The number of aryl methyl sites for hydroxylation is 2. The van der Waals surface area contributed by atoms with Crippen molar-refractivity contribution >= 4 is 17.5 Å². The number of ether oxygens (including phenoxy) is 1. The minimum Gasteiger partial charge on any atom is -0.483 e. The van der Waals surface area contributed by atoms with E-state index in [1.54, 1.807) is 12.1 Å². The lowest BCUT2D eigenvalue weighted by Gasteiger charge is -2.09. The third-order valence-electron chi connectivity index (χ3n) is 3.95. The number of carbonyl (C=O) groups is 1. The van der Waals surface area contributed by atoms with E-state index in [1.165, 1.54) is 10.2 Å². The predicted molar refractivity (Wildman–Crippen MR) is 92.6 cm³/mol. The van der Waals surface area contributed by atoms with Gasteiger partial charge in [-0.05, 0) is 62.9 Å². The van der Waals surface area contributed by atoms with Gasteiger partial charge in [-0.25, -0.2) is 4.68 Å². The Labute approximate surface area is 142 Å². The molecule has 0 N–H and O–H groups in total. The molecule has 4 nitrogen and oxygen atoms in total. The molecule has 1 aromatic heterocycles. The van der Waals surface area contributed by atoms with Crippen LogP contribution in [0.15, 0.2) is 18.2 Å². The van der Waals surface area contributed by atoms with Gasteiger partial charge in [0.2, 0.25) is 0 Å². The Balaban J connectivity index is 2.09. The molecule has 0 amide bonds. The fraction of sp³-hybridized carbons (Fsp3) is 0.444. The fourth-order valence-corrected chi connectivity index (χ4v) is 2.84. The second-order valence-corrected chi connectivity index (χ2v) is 6.19. The number of aromatic nitrogens is 2. The van der Waals surface area contributed by atoms with Crippen LogP contribution in [0, 0.1) is 20.8 Å². The quantitative estimate of drug-likeness (QED) is 0.780. The molecule has 5 heteroatoms. The van der Waals surface area contributed by atoms with Crippen LogP contribution in [0.3, 0.4) is 0 Å². The molecule has 0 aliphatic heterocycles. The maximum Gasteiger partial charge on any atom is 0.284 e. The van der Waals surface area contributed by atoms with Crippen molar-refractivity contribution in [2.24, 2.45) is 0 Å². The summed E-state index contributed by atoms with van der Waals surface area (Å²) in [6.07, 6.45) is 3.18. The van der Waals surface area contributed by atoms with Gasteiger partial charge in [0.25, 0.3) is 5.91 Å². The van der Waals surface area contributed by atoms with Gasteiger partial charge in [0.15, 0.2) is 6.61 Å². The highest BCUT2D eigenvalue weighted by Crippen LogP contribution is 2.22. The molecule has 2 aromatic rings. The molecule has 1 heterocycles. The summed E-state index contributed by atoms with van der Waals surface area (Å²) >= 11 is 5.92. The van der Waals surface area contributed by atoms with E-state index in [2.05, 4.69) is 12.0 Å². The van der Waals surface area contributed by atoms with Crippen molar-refractivity contribution < 1.29 is 9.53 Å². The molecule has 0 atom stereocenters. The Kier molecular flexibility index (Phi) is 5.83. The van der Waals surface area contributed by atoms with Gasteiger partial charge >= 0.3 is 0 Å². The zero-order valence-corrected chi connectivity index (χ0v) is 14.9. The van der Waals surface area contributed by atoms with Crippen molar-refractivity contribution in [2.75, 3.05) is 6.61 Å². The maximum atomic E-state index is 12.4. The molecule has 0 unspecified atom stereocenters. The third kappa shape index (κ3) is 4.14. The van der Waals surface area contributed by atoms with Gasteiger partial charge in [0.1, 0.15) is 5.75 Å². The molecule has 2 rings (SSSR count). The highest BCUT2D eigenvalue weighted by molar-refractivity contribution is 6.30. The van der Waals surface area contributed by atoms with Gasteiger partial charge in [-0.2, -0.15) is 5.10 Å². The van der Waals surface area contributed by atoms with Crippen LogP contribution in [-0.4, -0.2) is 22.3 Å². The average Bonchev–Trinajstić information content (AvgIpc) is 2.79. The van der Waals surface area contributed by atoms with Crippen LogP contribution in [0.1, 0.15) is 47.1 Å². The van der Waals surface area contributed by atoms with Crippen LogP contribution in [0.2, 0.25) is 5.02 Å². The molecule has 0 fully saturated rings. The van der Waals surface area contributed by atoms with Crippen LogP contribution < -0.4 is 4.74 Å². The number of rotatable bonds is 6. The molecule has 23 heavy (non-hydrogen) atoms. The van der Waals surface area contributed by atoms with Crippen LogP contribution in [0.25, 0.3) is 0 Å². The molecule has 0 saturated carbocycles. The largest absolute Gasteiger partial charge is 0.483 e. The predicted octanol–water partition coefficient (Wildman–Crippen LogP) is 4.52. The number of carbonyl (C=O) groups excluding carboxylic acids is 1. The first-order chi connectivity index (χ1) is 10.9. The molecule has 0 spiro atoms. The summed E-state index contributed by atoms with van der Waals surface area (Å²) in [6.45, 7) is 7.90. The van der Waals surface area contributed by atoms with E-state index in [0.29, 0.717) is 10.8 Å². The normalized spacial score (nSPS) is 10.8. The van der Waals surface area contributed by atoms with Crippen LogP contribution in [0.4, 0.5) is 0 Å². The van der Waals surface area contributed by atoms with Crippen molar-refractivity contribution in [3.63, 3.8) is 0 Å². The number of hydrogen-bond acceptors (Lipinski definition) is 3. The summed E-state index contributed by atoms with van der Waals surface area (Å²) < 4.78 is 7.09. The lowest BCUT2D eigenvalue weighted by molar-refractivity contribution is 0.0817. The fourth-order valence-electron chi connectivity index (χ4n) is 2.61. The molecular formula is C18H23ClN2O2. The first-order valence-electron chi connectivity index (χ1n) is 7.91. The van der Waals surface area contributed by atoms with E-state index in [9.17, 15) is 4.79 Å². The van der Waals surface area contributed by atoms with E-state index >= 15 is 0 Å². The number of hydrogen-bond donors (Lipinski definition) is 0. The van der Waals surface area contributed by atoms with Crippen LogP contribution in [-0.2, 0) is 6.42 Å². The molecular weight excluding hydrogens is 312 g/mol. The summed E-state index contributed by atoms with van der Waals surface area (Å²) in [7, 11) is 0. The molecule has 1 aromatic carbocycles. The Hall–Kier alpha value is -1.81. The lowest BCUT2D eigenvalue weighted by Crippen LogP contribution is -2.22. The summed E-state index contributed by atoms with van der Waals surface area (Å²) in [6, 6.07) is 5.34. The van der Waals surface area contributed by atoms with E-state index in [-0.39, 0.29) is 12.5 Å². The Morgan fingerprint density at radius 2 is 2.04 bits per heavy atom. The van der Waals surface area contributed by atoms with Crippen molar-refractivity contribution in [3.8, 4) is 5.75 Å². The first-order valence-corrected chi connectivity index (χ1v) is 8.29.